The number of hydrogen-bond donors (Lipinski definition) is 1. The molecule has 1 aliphatic heterocycles. The summed E-state index contributed by atoms with van der Waals surface area (Å²) in [4.78, 5) is 24.8. The number of sulfonamides is 1. The third-order valence-electron chi connectivity index (χ3n) is 3.66. The number of hydrogen-bond acceptors (Lipinski definition) is 6. The standard InChI is InChI=1S/C14H20N2O7S/c1-8-6-16(7-11(22-8)14(18)19)13(17)10-5-12(9(2)23-10)24(20,21)15(3)4/h5,8,11H,6-7H2,1-4H3,(H,18,19)/t8-,11?/m1/s1. The zero-order valence-corrected chi connectivity index (χ0v) is 14.7. The monoisotopic (exact) mass is 360 g/mol. The third-order valence-corrected chi connectivity index (χ3v) is 5.59. The Morgan fingerprint density at radius 2 is 1.96 bits per heavy atom. The SMILES string of the molecule is Cc1oc(C(=O)N2CC(C(=O)O)O[C@H](C)C2)cc1S(=O)(=O)N(C)C. The Morgan fingerprint density at radius 1 is 1.33 bits per heavy atom. The number of aryl methyl sites for hydroxylation is 1. The maximum Gasteiger partial charge on any atom is 0.334 e. The highest BCUT2D eigenvalue weighted by atomic mass is 32.2. The largest absolute Gasteiger partial charge is 0.479 e. The highest BCUT2D eigenvalue weighted by Gasteiger charge is 2.35. The number of carboxylic acids is 1. The fraction of sp³-hybridized carbons (Fsp3) is 0.571. The van der Waals surface area contributed by atoms with Crippen molar-refractivity contribution in [2.75, 3.05) is 27.2 Å². The van der Waals surface area contributed by atoms with E-state index in [1.54, 1.807) is 6.92 Å². The van der Waals surface area contributed by atoms with E-state index in [2.05, 4.69) is 0 Å². The van der Waals surface area contributed by atoms with Gasteiger partial charge in [0.1, 0.15) is 10.7 Å². The first-order valence-electron chi connectivity index (χ1n) is 7.24. The van der Waals surface area contributed by atoms with E-state index in [0.717, 1.165) is 4.31 Å². The second-order valence-corrected chi connectivity index (χ2v) is 7.92. The molecule has 10 heteroatoms. The van der Waals surface area contributed by atoms with Gasteiger partial charge in [0.2, 0.25) is 10.0 Å². The van der Waals surface area contributed by atoms with E-state index in [9.17, 15) is 18.0 Å². The van der Waals surface area contributed by atoms with E-state index in [1.807, 2.05) is 0 Å². The second-order valence-electron chi connectivity index (χ2n) is 5.80. The fourth-order valence-corrected chi connectivity index (χ4v) is 3.49. The third kappa shape index (κ3) is 3.45. The first kappa shape index (κ1) is 18.4. The van der Waals surface area contributed by atoms with Gasteiger partial charge in [-0.15, -0.1) is 0 Å². The summed E-state index contributed by atoms with van der Waals surface area (Å²) >= 11 is 0. The van der Waals surface area contributed by atoms with Gasteiger partial charge in [0, 0.05) is 26.7 Å². The number of carbonyl (C=O) groups excluding carboxylic acids is 1. The van der Waals surface area contributed by atoms with Crippen molar-refractivity contribution in [1.82, 2.24) is 9.21 Å². The van der Waals surface area contributed by atoms with Gasteiger partial charge in [-0.05, 0) is 13.8 Å². The number of morpholine rings is 1. The molecule has 1 aromatic rings. The van der Waals surface area contributed by atoms with Crippen LogP contribution in [0.1, 0.15) is 23.2 Å². The summed E-state index contributed by atoms with van der Waals surface area (Å²) in [6.45, 7) is 3.17. The van der Waals surface area contributed by atoms with Crippen LogP contribution in [0.3, 0.4) is 0 Å². The van der Waals surface area contributed by atoms with Gasteiger partial charge in [-0.3, -0.25) is 4.79 Å². The van der Waals surface area contributed by atoms with E-state index in [4.69, 9.17) is 14.3 Å². The Balaban J connectivity index is 2.29. The molecule has 1 aliphatic rings. The molecule has 2 heterocycles. The van der Waals surface area contributed by atoms with Crippen LogP contribution >= 0.6 is 0 Å². The minimum Gasteiger partial charge on any atom is -0.479 e. The molecule has 1 unspecified atom stereocenters. The summed E-state index contributed by atoms with van der Waals surface area (Å²) < 4.78 is 36.0. The predicted molar refractivity (Wildman–Crippen MR) is 82.2 cm³/mol. The topological polar surface area (TPSA) is 117 Å². The van der Waals surface area contributed by atoms with Crippen molar-refractivity contribution in [3.05, 3.63) is 17.6 Å². The van der Waals surface area contributed by atoms with Crippen molar-refractivity contribution in [3.63, 3.8) is 0 Å². The maximum absolute atomic E-state index is 12.6. The molecule has 1 aromatic heterocycles. The number of amides is 1. The lowest BCUT2D eigenvalue weighted by Gasteiger charge is -2.34. The number of carbonyl (C=O) groups is 2. The molecular weight excluding hydrogens is 340 g/mol. The molecule has 0 aliphatic carbocycles. The molecule has 0 saturated carbocycles. The quantitative estimate of drug-likeness (QED) is 0.812. The summed E-state index contributed by atoms with van der Waals surface area (Å²) in [5.41, 5.74) is 0. The van der Waals surface area contributed by atoms with E-state index in [1.165, 1.54) is 32.0 Å². The molecule has 0 aromatic carbocycles. The molecule has 1 fully saturated rings. The number of aliphatic carboxylic acids is 1. The van der Waals surface area contributed by atoms with Crippen LogP contribution in [0.5, 0.6) is 0 Å². The molecule has 0 spiro atoms. The molecule has 2 atom stereocenters. The van der Waals surface area contributed by atoms with E-state index in [-0.39, 0.29) is 29.5 Å². The van der Waals surface area contributed by atoms with Crippen LogP contribution in [0, 0.1) is 6.92 Å². The summed E-state index contributed by atoms with van der Waals surface area (Å²) in [7, 11) is -0.977. The molecular formula is C14H20N2O7S. The first-order chi connectivity index (χ1) is 11.0. The Labute approximate surface area is 139 Å². The minimum atomic E-state index is -3.74. The minimum absolute atomic E-state index is 0.0908. The van der Waals surface area contributed by atoms with Gasteiger partial charge in [0.05, 0.1) is 12.6 Å². The van der Waals surface area contributed by atoms with Crippen molar-refractivity contribution >= 4 is 21.9 Å². The Kier molecular flexibility index (Phi) is 5.02. The van der Waals surface area contributed by atoms with E-state index in [0.29, 0.717) is 0 Å². The van der Waals surface area contributed by atoms with Crippen molar-refractivity contribution < 1.29 is 32.3 Å². The van der Waals surface area contributed by atoms with Gasteiger partial charge in [-0.2, -0.15) is 0 Å². The van der Waals surface area contributed by atoms with Gasteiger partial charge in [-0.25, -0.2) is 17.5 Å². The van der Waals surface area contributed by atoms with Crippen molar-refractivity contribution in [2.45, 2.75) is 31.0 Å². The molecule has 2 rings (SSSR count). The number of ether oxygens (including phenoxy) is 1. The molecule has 1 N–H and O–H groups in total. The average Bonchev–Trinajstić information content (AvgIpc) is 2.88. The van der Waals surface area contributed by atoms with Crippen LogP contribution in [-0.4, -0.2) is 74.0 Å². The predicted octanol–water partition coefficient (Wildman–Crippen LogP) is 0.152. The zero-order valence-electron chi connectivity index (χ0n) is 13.8. The molecule has 0 radical (unpaired) electrons. The summed E-state index contributed by atoms with van der Waals surface area (Å²) in [6.07, 6.45) is -1.58. The van der Waals surface area contributed by atoms with Crippen molar-refractivity contribution in [1.29, 1.82) is 0 Å². The summed E-state index contributed by atoms with van der Waals surface area (Å²) in [6, 6.07) is 1.17. The van der Waals surface area contributed by atoms with Crippen LogP contribution in [0.25, 0.3) is 0 Å². The molecule has 1 saturated heterocycles. The van der Waals surface area contributed by atoms with Gasteiger partial charge < -0.3 is 19.2 Å². The molecule has 24 heavy (non-hydrogen) atoms. The van der Waals surface area contributed by atoms with Crippen molar-refractivity contribution in [2.24, 2.45) is 0 Å². The highest BCUT2D eigenvalue weighted by molar-refractivity contribution is 7.89. The lowest BCUT2D eigenvalue weighted by molar-refractivity contribution is -0.160. The number of nitrogens with zero attached hydrogens (tertiary/aromatic N) is 2. The van der Waals surface area contributed by atoms with Gasteiger partial charge in [-0.1, -0.05) is 0 Å². The van der Waals surface area contributed by atoms with Crippen LogP contribution in [-0.2, 0) is 19.6 Å². The Bertz CT molecular complexity index is 753. The number of furan rings is 1. The summed E-state index contributed by atoms with van der Waals surface area (Å²) in [5, 5.41) is 9.07. The maximum atomic E-state index is 12.6. The molecule has 9 nitrogen and oxygen atoms in total. The Hall–Kier alpha value is -1.91. The molecule has 0 bridgehead atoms. The van der Waals surface area contributed by atoms with Crippen LogP contribution < -0.4 is 0 Å². The lowest BCUT2D eigenvalue weighted by Crippen LogP contribution is -2.51. The smallest absolute Gasteiger partial charge is 0.334 e. The highest BCUT2D eigenvalue weighted by Crippen LogP contribution is 2.24. The van der Waals surface area contributed by atoms with Crippen LogP contribution in [0.15, 0.2) is 15.4 Å². The number of carboxylic acid groups (broad SMARTS) is 1. The second kappa shape index (κ2) is 6.54. The number of rotatable bonds is 4. The van der Waals surface area contributed by atoms with Crippen LogP contribution in [0.2, 0.25) is 0 Å². The lowest BCUT2D eigenvalue weighted by atomic mass is 10.2. The van der Waals surface area contributed by atoms with Crippen LogP contribution in [0.4, 0.5) is 0 Å². The van der Waals surface area contributed by atoms with Gasteiger partial charge in [0.15, 0.2) is 11.9 Å². The van der Waals surface area contributed by atoms with Crippen molar-refractivity contribution in [3.8, 4) is 0 Å². The Morgan fingerprint density at radius 3 is 2.50 bits per heavy atom. The molecule has 134 valence electrons. The average molecular weight is 360 g/mol. The van der Waals surface area contributed by atoms with Gasteiger partial charge >= 0.3 is 5.97 Å². The first-order valence-corrected chi connectivity index (χ1v) is 8.68. The molecule has 1 amide bonds. The zero-order chi connectivity index (χ0) is 18.2. The van der Waals surface area contributed by atoms with E-state index < -0.39 is 34.1 Å². The summed E-state index contributed by atoms with van der Waals surface area (Å²) in [5.74, 6) is -1.78. The fourth-order valence-electron chi connectivity index (χ4n) is 2.43. The van der Waals surface area contributed by atoms with Gasteiger partial charge in [0.25, 0.3) is 5.91 Å². The normalized spacial score (nSPS) is 22.0. The van der Waals surface area contributed by atoms with E-state index >= 15 is 0 Å².